The number of rotatable bonds is 3. The molecule has 0 fully saturated rings. The van der Waals surface area contributed by atoms with Crippen molar-refractivity contribution in [3.63, 3.8) is 0 Å². The highest BCUT2D eigenvalue weighted by Crippen LogP contribution is 2.24. The van der Waals surface area contributed by atoms with Crippen molar-refractivity contribution in [2.75, 3.05) is 0 Å². The zero-order valence-corrected chi connectivity index (χ0v) is 12.6. The molecule has 0 spiro atoms. The largest absolute Gasteiger partial charge is 0.441 e. The van der Waals surface area contributed by atoms with Crippen molar-refractivity contribution >= 4 is 11.6 Å². The second-order valence-corrected chi connectivity index (χ2v) is 5.62. The van der Waals surface area contributed by atoms with Crippen LogP contribution in [0.15, 0.2) is 75.8 Å². The van der Waals surface area contributed by atoms with Gasteiger partial charge in [-0.25, -0.2) is 14.4 Å². The van der Waals surface area contributed by atoms with E-state index in [0.717, 1.165) is 5.71 Å². The smallest absolute Gasteiger partial charge is 0.273 e. The van der Waals surface area contributed by atoms with Gasteiger partial charge in [0.2, 0.25) is 5.89 Å². The van der Waals surface area contributed by atoms with Gasteiger partial charge in [-0.1, -0.05) is 24.3 Å². The number of carbonyl (C=O) groups is 1. The van der Waals surface area contributed by atoms with Gasteiger partial charge in [0.1, 0.15) is 11.6 Å². The molecule has 24 heavy (non-hydrogen) atoms. The number of benzene rings is 1. The molecule has 1 aromatic carbocycles. The van der Waals surface area contributed by atoms with E-state index in [4.69, 9.17) is 4.42 Å². The minimum atomic E-state index is -0.313. The van der Waals surface area contributed by atoms with Crippen LogP contribution >= 0.6 is 0 Å². The molecule has 1 aliphatic carbocycles. The zero-order chi connectivity index (χ0) is 16.5. The molecule has 2 aromatic rings. The Labute approximate surface area is 137 Å². The van der Waals surface area contributed by atoms with Crippen molar-refractivity contribution in [2.45, 2.75) is 6.42 Å². The average molecular weight is 320 g/mol. The summed E-state index contributed by atoms with van der Waals surface area (Å²) in [6, 6.07) is 5.91. The number of amides is 1. The van der Waals surface area contributed by atoms with E-state index in [1.807, 2.05) is 30.4 Å². The normalized spacial score (nSPS) is 19.0. The summed E-state index contributed by atoms with van der Waals surface area (Å²) in [5, 5.41) is 0. The van der Waals surface area contributed by atoms with Crippen molar-refractivity contribution in [1.29, 1.82) is 0 Å². The number of aromatic nitrogens is 1. The third-order valence-electron chi connectivity index (χ3n) is 3.93. The predicted molar refractivity (Wildman–Crippen MR) is 87.9 cm³/mol. The van der Waals surface area contributed by atoms with E-state index in [0.29, 0.717) is 29.2 Å². The van der Waals surface area contributed by atoms with Crippen LogP contribution in [0.5, 0.6) is 0 Å². The van der Waals surface area contributed by atoms with Gasteiger partial charge in [-0.05, 0) is 30.3 Å². The molecule has 1 aliphatic heterocycles. The number of aliphatic imine (C=N–C) groups is 1. The third kappa shape index (κ3) is 2.76. The minimum absolute atomic E-state index is 0.0298. The lowest BCUT2D eigenvalue weighted by Gasteiger charge is -2.17. The first-order valence-corrected chi connectivity index (χ1v) is 7.58. The molecule has 0 saturated heterocycles. The third-order valence-corrected chi connectivity index (χ3v) is 3.93. The van der Waals surface area contributed by atoms with Gasteiger partial charge in [0.25, 0.3) is 5.91 Å². The van der Waals surface area contributed by atoms with Crippen molar-refractivity contribution in [3.05, 3.63) is 78.0 Å². The molecular weight excluding hydrogens is 307 g/mol. The fourth-order valence-electron chi connectivity index (χ4n) is 2.71. The Morgan fingerprint density at radius 3 is 2.83 bits per heavy atom. The van der Waals surface area contributed by atoms with Gasteiger partial charge in [0, 0.05) is 23.5 Å². The van der Waals surface area contributed by atoms with Gasteiger partial charge in [-0.2, -0.15) is 0 Å². The topological polar surface area (TPSA) is 55.5 Å². The molecule has 0 bridgehead atoms. The van der Waals surface area contributed by atoms with Crippen LogP contribution in [0.3, 0.4) is 0 Å². The van der Waals surface area contributed by atoms with Gasteiger partial charge in [-0.3, -0.25) is 4.79 Å². The summed E-state index contributed by atoms with van der Waals surface area (Å²) in [7, 11) is 0. The number of halogens is 1. The summed E-state index contributed by atoms with van der Waals surface area (Å²) in [4.78, 5) is 20.5. The quantitative estimate of drug-likeness (QED) is 0.867. The number of allylic oxidation sites excluding steroid dienone is 5. The summed E-state index contributed by atoms with van der Waals surface area (Å²) in [5.41, 5.74) is 2.04. The predicted octanol–water partition coefficient (Wildman–Crippen LogP) is 3.67. The molecule has 1 amide bonds. The second kappa shape index (κ2) is 5.85. The van der Waals surface area contributed by atoms with Crippen LogP contribution < -0.4 is 0 Å². The van der Waals surface area contributed by atoms with E-state index >= 15 is 0 Å². The van der Waals surface area contributed by atoms with Crippen LogP contribution in [-0.2, 0) is 11.2 Å². The number of dihydropyridines is 1. The molecule has 118 valence electrons. The van der Waals surface area contributed by atoms with Crippen LogP contribution in [0.2, 0.25) is 0 Å². The first-order valence-electron chi connectivity index (χ1n) is 7.58. The van der Waals surface area contributed by atoms with E-state index in [-0.39, 0.29) is 17.6 Å². The van der Waals surface area contributed by atoms with E-state index in [1.54, 1.807) is 18.3 Å². The summed E-state index contributed by atoms with van der Waals surface area (Å²) in [5.74, 6) is 0.441. The minimum Gasteiger partial charge on any atom is -0.441 e. The lowest BCUT2D eigenvalue weighted by Crippen LogP contribution is -2.20. The summed E-state index contributed by atoms with van der Waals surface area (Å²) in [6.45, 7) is 0. The molecular formula is C19H13FN2O2. The summed E-state index contributed by atoms with van der Waals surface area (Å²) in [6.07, 6.45) is 11.5. The van der Waals surface area contributed by atoms with Crippen LogP contribution in [0.1, 0.15) is 5.76 Å². The first-order chi connectivity index (χ1) is 11.7. The fraction of sp³-hybridized carbons (Fsp3) is 0.105. The van der Waals surface area contributed by atoms with Gasteiger partial charge >= 0.3 is 0 Å². The monoisotopic (exact) mass is 320 g/mol. The molecule has 4 rings (SSSR count). The van der Waals surface area contributed by atoms with Crippen LogP contribution in [0.4, 0.5) is 4.39 Å². The first kappa shape index (κ1) is 14.5. The molecule has 0 N–H and O–H groups in total. The molecule has 2 aliphatic rings. The van der Waals surface area contributed by atoms with Crippen LogP contribution in [0.25, 0.3) is 11.5 Å². The maximum absolute atomic E-state index is 13.0. The van der Waals surface area contributed by atoms with Crippen molar-refractivity contribution < 1.29 is 13.6 Å². The standard InChI is InChI=1S/C19H13FN2O2/c20-15-7-5-12(6-8-15)19-21-11-16(24-19)10-14-9-13-3-1-2-4-17(13)22-18(14)23/h1-9,11,13H,10H2. The highest BCUT2D eigenvalue weighted by atomic mass is 19.1. The number of hydrogen-bond acceptors (Lipinski definition) is 3. The van der Waals surface area contributed by atoms with E-state index in [2.05, 4.69) is 9.98 Å². The molecule has 0 radical (unpaired) electrons. The Morgan fingerprint density at radius 2 is 2.00 bits per heavy atom. The Bertz CT molecular complexity index is 917. The van der Waals surface area contributed by atoms with E-state index < -0.39 is 0 Å². The molecule has 0 saturated carbocycles. The second-order valence-electron chi connectivity index (χ2n) is 5.62. The zero-order valence-electron chi connectivity index (χ0n) is 12.6. The number of nitrogens with zero attached hydrogens (tertiary/aromatic N) is 2. The molecule has 5 heteroatoms. The van der Waals surface area contributed by atoms with Crippen LogP contribution in [-0.4, -0.2) is 16.6 Å². The van der Waals surface area contributed by atoms with Gasteiger partial charge < -0.3 is 4.42 Å². The van der Waals surface area contributed by atoms with Crippen LogP contribution in [0, 0.1) is 11.7 Å². The lowest BCUT2D eigenvalue weighted by molar-refractivity contribution is -0.114. The Hall–Kier alpha value is -3.08. The molecule has 1 atom stereocenters. The van der Waals surface area contributed by atoms with Gasteiger partial charge in [0.15, 0.2) is 0 Å². The van der Waals surface area contributed by atoms with Crippen molar-refractivity contribution in [3.8, 4) is 11.5 Å². The molecule has 4 nitrogen and oxygen atoms in total. The number of oxazole rings is 1. The van der Waals surface area contributed by atoms with Crippen molar-refractivity contribution in [1.82, 2.24) is 4.98 Å². The lowest BCUT2D eigenvalue weighted by atomic mass is 9.91. The van der Waals surface area contributed by atoms with Gasteiger partial charge in [-0.15, -0.1) is 0 Å². The number of hydrogen-bond donors (Lipinski definition) is 0. The van der Waals surface area contributed by atoms with Crippen molar-refractivity contribution in [2.24, 2.45) is 10.9 Å². The highest BCUT2D eigenvalue weighted by Gasteiger charge is 2.23. The Balaban J connectivity index is 1.55. The van der Waals surface area contributed by atoms with E-state index in [9.17, 15) is 9.18 Å². The average Bonchev–Trinajstić information content (AvgIpc) is 3.05. The fourth-order valence-corrected chi connectivity index (χ4v) is 2.71. The van der Waals surface area contributed by atoms with Gasteiger partial charge in [0.05, 0.1) is 11.9 Å². The Morgan fingerprint density at radius 1 is 1.17 bits per heavy atom. The molecule has 1 aromatic heterocycles. The SMILES string of the molecule is O=C1N=C2C=CC=CC2C=C1Cc1cnc(-c2ccc(F)cc2)o1. The maximum atomic E-state index is 13.0. The Kier molecular flexibility index (Phi) is 3.54. The van der Waals surface area contributed by atoms with E-state index in [1.165, 1.54) is 12.1 Å². The maximum Gasteiger partial charge on any atom is 0.273 e. The molecule has 2 heterocycles. The summed E-state index contributed by atoms with van der Waals surface area (Å²) >= 11 is 0. The highest BCUT2D eigenvalue weighted by molar-refractivity contribution is 6.13. The number of fused-ring (bicyclic) bond motifs is 1. The number of carbonyl (C=O) groups excluding carboxylic acids is 1. The summed E-state index contributed by atoms with van der Waals surface area (Å²) < 4.78 is 18.7. The molecule has 1 unspecified atom stereocenters.